The summed E-state index contributed by atoms with van der Waals surface area (Å²) < 4.78 is 0. The lowest BCUT2D eigenvalue weighted by molar-refractivity contribution is 0.753. The highest BCUT2D eigenvalue weighted by atomic mass is 14.9. The molecule has 3 N–H and O–H groups in total. The van der Waals surface area contributed by atoms with Crippen LogP contribution in [0.1, 0.15) is 36.8 Å². The summed E-state index contributed by atoms with van der Waals surface area (Å²) >= 11 is 0. The smallest absolute Gasteiger partial charge is 0.0403 e. The third-order valence-electron chi connectivity index (χ3n) is 3.26. The second-order valence-corrected chi connectivity index (χ2v) is 4.66. The molecule has 1 fully saturated rings. The van der Waals surface area contributed by atoms with Crippen molar-refractivity contribution in [1.82, 2.24) is 0 Å². The van der Waals surface area contributed by atoms with Crippen LogP contribution in [0.5, 0.6) is 0 Å². The molecule has 1 saturated carbocycles. The molecule has 0 spiro atoms. The molecular formula is C13H20N2. The molecule has 1 aliphatic rings. The molecule has 1 aromatic carbocycles. The van der Waals surface area contributed by atoms with Gasteiger partial charge in [0.15, 0.2) is 0 Å². The Morgan fingerprint density at radius 1 is 1.13 bits per heavy atom. The second-order valence-electron chi connectivity index (χ2n) is 4.66. The summed E-state index contributed by atoms with van der Waals surface area (Å²) in [4.78, 5) is 0. The highest BCUT2D eigenvalue weighted by Crippen LogP contribution is 2.28. The van der Waals surface area contributed by atoms with Gasteiger partial charge in [0.25, 0.3) is 0 Å². The molecule has 0 aliphatic heterocycles. The summed E-state index contributed by atoms with van der Waals surface area (Å²) in [5, 5.41) is 3.65. The van der Waals surface area contributed by atoms with Crippen molar-refractivity contribution in [3.63, 3.8) is 0 Å². The van der Waals surface area contributed by atoms with Crippen LogP contribution >= 0.6 is 0 Å². The standard InChI is InChI=1S/C13H20N2/c1-9-7-11(14)8-10(2)13(9)15-12-5-3-4-6-12/h7-8,12,15H,3-6,14H2,1-2H3. The number of benzene rings is 1. The molecule has 1 aliphatic carbocycles. The van der Waals surface area contributed by atoms with E-state index >= 15 is 0 Å². The van der Waals surface area contributed by atoms with Crippen LogP contribution in [0.25, 0.3) is 0 Å². The summed E-state index contributed by atoms with van der Waals surface area (Å²) in [5.74, 6) is 0. The Kier molecular flexibility index (Phi) is 2.85. The van der Waals surface area contributed by atoms with E-state index in [1.165, 1.54) is 42.5 Å². The first-order valence-electron chi connectivity index (χ1n) is 5.80. The monoisotopic (exact) mass is 204 g/mol. The Morgan fingerprint density at radius 3 is 2.20 bits per heavy atom. The Morgan fingerprint density at radius 2 is 1.67 bits per heavy atom. The molecular weight excluding hydrogens is 184 g/mol. The fourth-order valence-corrected chi connectivity index (χ4v) is 2.50. The van der Waals surface area contributed by atoms with Gasteiger partial charge in [-0.05, 0) is 49.9 Å². The average Bonchev–Trinajstić information content (AvgIpc) is 2.63. The fraction of sp³-hybridized carbons (Fsp3) is 0.538. The highest BCUT2D eigenvalue weighted by Gasteiger charge is 2.16. The van der Waals surface area contributed by atoms with Crippen LogP contribution in [0.3, 0.4) is 0 Å². The van der Waals surface area contributed by atoms with Crippen LogP contribution < -0.4 is 11.1 Å². The zero-order chi connectivity index (χ0) is 10.8. The van der Waals surface area contributed by atoms with Gasteiger partial charge in [0, 0.05) is 17.4 Å². The molecule has 0 heterocycles. The fourth-order valence-electron chi connectivity index (χ4n) is 2.50. The van der Waals surface area contributed by atoms with E-state index in [4.69, 9.17) is 5.73 Å². The first-order chi connectivity index (χ1) is 7.16. The third kappa shape index (κ3) is 2.25. The molecule has 15 heavy (non-hydrogen) atoms. The molecule has 2 rings (SSSR count). The number of aryl methyl sites for hydroxylation is 2. The maximum Gasteiger partial charge on any atom is 0.0403 e. The van der Waals surface area contributed by atoms with Crippen molar-refractivity contribution in [2.24, 2.45) is 0 Å². The normalized spacial score (nSPS) is 16.9. The lowest BCUT2D eigenvalue weighted by atomic mass is 10.1. The summed E-state index contributed by atoms with van der Waals surface area (Å²) in [5.41, 5.74) is 10.5. The van der Waals surface area contributed by atoms with Crippen molar-refractivity contribution < 1.29 is 0 Å². The molecule has 0 aromatic heterocycles. The predicted octanol–water partition coefficient (Wildman–Crippen LogP) is 3.24. The Labute approximate surface area is 91.9 Å². The minimum absolute atomic E-state index is 0.672. The van der Waals surface area contributed by atoms with Gasteiger partial charge in [-0.3, -0.25) is 0 Å². The maximum atomic E-state index is 5.81. The van der Waals surface area contributed by atoms with Crippen molar-refractivity contribution >= 4 is 11.4 Å². The summed E-state index contributed by atoms with van der Waals surface area (Å²) in [6, 6.07) is 4.76. The van der Waals surface area contributed by atoms with Gasteiger partial charge in [0.05, 0.1) is 0 Å². The van der Waals surface area contributed by atoms with Gasteiger partial charge in [-0.15, -0.1) is 0 Å². The largest absolute Gasteiger partial charge is 0.399 e. The molecule has 0 radical (unpaired) electrons. The van der Waals surface area contributed by atoms with Gasteiger partial charge in [0.1, 0.15) is 0 Å². The zero-order valence-corrected chi connectivity index (χ0v) is 9.64. The van der Waals surface area contributed by atoms with Gasteiger partial charge < -0.3 is 11.1 Å². The quantitative estimate of drug-likeness (QED) is 0.726. The van der Waals surface area contributed by atoms with E-state index in [0.29, 0.717) is 6.04 Å². The van der Waals surface area contributed by atoms with E-state index in [2.05, 4.69) is 19.2 Å². The Balaban J connectivity index is 2.19. The molecule has 0 bridgehead atoms. The minimum Gasteiger partial charge on any atom is -0.399 e. The highest BCUT2D eigenvalue weighted by molar-refractivity contribution is 5.63. The van der Waals surface area contributed by atoms with Crippen molar-refractivity contribution in [3.8, 4) is 0 Å². The zero-order valence-electron chi connectivity index (χ0n) is 9.64. The predicted molar refractivity (Wildman–Crippen MR) is 66.2 cm³/mol. The van der Waals surface area contributed by atoms with Crippen molar-refractivity contribution in [2.45, 2.75) is 45.6 Å². The van der Waals surface area contributed by atoms with E-state index in [1.54, 1.807) is 0 Å². The lowest BCUT2D eigenvalue weighted by Gasteiger charge is -2.18. The van der Waals surface area contributed by atoms with E-state index in [0.717, 1.165) is 5.69 Å². The van der Waals surface area contributed by atoms with Crippen LogP contribution in [-0.2, 0) is 0 Å². The van der Waals surface area contributed by atoms with Gasteiger partial charge in [-0.2, -0.15) is 0 Å². The molecule has 82 valence electrons. The SMILES string of the molecule is Cc1cc(N)cc(C)c1NC1CCCC1. The number of nitrogen functional groups attached to an aromatic ring is 1. The Bertz CT molecular complexity index is 329. The number of nitrogens with one attached hydrogen (secondary N) is 1. The van der Waals surface area contributed by atoms with Crippen LogP contribution in [0.2, 0.25) is 0 Å². The number of hydrogen-bond acceptors (Lipinski definition) is 2. The third-order valence-corrected chi connectivity index (χ3v) is 3.26. The summed E-state index contributed by atoms with van der Waals surface area (Å²) in [6.07, 6.45) is 5.35. The van der Waals surface area contributed by atoms with Crippen LogP contribution in [0.15, 0.2) is 12.1 Å². The topological polar surface area (TPSA) is 38.0 Å². The Hall–Kier alpha value is -1.18. The lowest BCUT2D eigenvalue weighted by Crippen LogP contribution is -2.16. The summed E-state index contributed by atoms with van der Waals surface area (Å²) in [6.45, 7) is 4.25. The van der Waals surface area contributed by atoms with Crippen molar-refractivity contribution in [3.05, 3.63) is 23.3 Å². The average molecular weight is 204 g/mol. The first kappa shape index (κ1) is 10.3. The molecule has 0 saturated heterocycles. The van der Waals surface area contributed by atoms with Crippen molar-refractivity contribution in [2.75, 3.05) is 11.1 Å². The number of anilines is 2. The van der Waals surface area contributed by atoms with E-state index < -0.39 is 0 Å². The molecule has 2 heteroatoms. The van der Waals surface area contributed by atoms with E-state index in [-0.39, 0.29) is 0 Å². The van der Waals surface area contributed by atoms with Gasteiger partial charge in [-0.25, -0.2) is 0 Å². The van der Waals surface area contributed by atoms with E-state index in [9.17, 15) is 0 Å². The molecule has 0 atom stereocenters. The van der Waals surface area contributed by atoms with Crippen LogP contribution in [0.4, 0.5) is 11.4 Å². The molecule has 2 nitrogen and oxygen atoms in total. The van der Waals surface area contributed by atoms with Crippen LogP contribution in [0, 0.1) is 13.8 Å². The minimum atomic E-state index is 0.672. The number of rotatable bonds is 2. The van der Waals surface area contributed by atoms with Crippen molar-refractivity contribution in [1.29, 1.82) is 0 Å². The van der Waals surface area contributed by atoms with Gasteiger partial charge in [-0.1, -0.05) is 12.8 Å². The van der Waals surface area contributed by atoms with E-state index in [1.807, 2.05) is 12.1 Å². The first-order valence-corrected chi connectivity index (χ1v) is 5.80. The van der Waals surface area contributed by atoms with Gasteiger partial charge >= 0.3 is 0 Å². The molecule has 0 amide bonds. The van der Waals surface area contributed by atoms with Crippen LogP contribution in [-0.4, -0.2) is 6.04 Å². The second kappa shape index (κ2) is 4.13. The number of nitrogens with two attached hydrogens (primary N) is 1. The maximum absolute atomic E-state index is 5.81. The molecule has 1 aromatic rings. The molecule has 0 unspecified atom stereocenters. The van der Waals surface area contributed by atoms with Gasteiger partial charge in [0.2, 0.25) is 0 Å². The summed E-state index contributed by atoms with van der Waals surface area (Å²) in [7, 11) is 0. The number of hydrogen-bond donors (Lipinski definition) is 2.